The van der Waals surface area contributed by atoms with E-state index >= 15 is 0 Å². The summed E-state index contributed by atoms with van der Waals surface area (Å²) in [5, 5.41) is 28.4. The Hall–Kier alpha value is -3.24. The van der Waals surface area contributed by atoms with Crippen molar-refractivity contribution in [2.24, 2.45) is 0 Å². The summed E-state index contributed by atoms with van der Waals surface area (Å²) >= 11 is 0. The number of rotatable bonds is 5. The average Bonchev–Trinajstić information content (AvgIpc) is 2.56. The fraction of sp³-hybridized carbons (Fsp3) is 0.125. The molecular formula is C16H15N3O4. The van der Waals surface area contributed by atoms with E-state index in [1.807, 2.05) is 6.07 Å². The van der Waals surface area contributed by atoms with E-state index < -0.39 is 11.9 Å². The van der Waals surface area contributed by atoms with Crippen LogP contribution in [0.3, 0.4) is 0 Å². The van der Waals surface area contributed by atoms with Gasteiger partial charge in [-0.3, -0.25) is 10.2 Å². The Kier molecular flexibility index (Phi) is 5.02. The Morgan fingerprint density at radius 3 is 2.61 bits per heavy atom. The molecule has 0 aliphatic carbocycles. The van der Waals surface area contributed by atoms with Crippen molar-refractivity contribution in [3.8, 4) is 23.3 Å². The van der Waals surface area contributed by atoms with Crippen LogP contribution in [0.15, 0.2) is 42.5 Å². The molecule has 2 aromatic rings. The number of phenolic OH excluding ortho intramolecular Hbond substituents is 2. The van der Waals surface area contributed by atoms with Gasteiger partial charge < -0.3 is 14.9 Å². The zero-order chi connectivity index (χ0) is 16.8. The zero-order valence-corrected chi connectivity index (χ0v) is 12.3. The molecular weight excluding hydrogens is 298 g/mol. The second-order valence-electron chi connectivity index (χ2n) is 4.61. The first-order valence-electron chi connectivity index (χ1n) is 6.67. The molecule has 23 heavy (non-hydrogen) atoms. The second kappa shape index (κ2) is 7.15. The lowest BCUT2D eigenvalue weighted by atomic mass is 10.1. The number of para-hydroxylation sites is 1. The highest BCUT2D eigenvalue weighted by molar-refractivity contribution is 5.96. The van der Waals surface area contributed by atoms with Gasteiger partial charge in [0.2, 0.25) is 0 Å². The summed E-state index contributed by atoms with van der Waals surface area (Å²) in [6.45, 7) is 0. The van der Waals surface area contributed by atoms with E-state index in [-0.39, 0.29) is 22.8 Å². The molecule has 0 aliphatic heterocycles. The van der Waals surface area contributed by atoms with E-state index in [2.05, 4.69) is 10.9 Å². The van der Waals surface area contributed by atoms with Crippen molar-refractivity contribution < 1.29 is 19.7 Å². The second-order valence-corrected chi connectivity index (χ2v) is 4.61. The first-order chi connectivity index (χ1) is 11.1. The van der Waals surface area contributed by atoms with Crippen molar-refractivity contribution >= 4 is 5.91 Å². The molecule has 0 saturated heterocycles. The number of carbonyl (C=O) groups excluding carboxylic acids is 1. The van der Waals surface area contributed by atoms with Gasteiger partial charge in [-0.1, -0.05) is 18.2 Å². The van der Waals surface area contributed by atoms with E-state index in [1.54, 1.807) is 12.1 Å². The molecule has 118 valence electrons. The molecule has 4 N–H and O–H groups in total. The number of phenols is 2. The highest BCUT2D eigenvalue weighted by Crippen LogP contribution is 2.28. The van der Waals surface area contributed by atoms with Gasteiger partial charge in [0.15, 0.2) is 11.5 Å². The largest absolute Gasteiger partial charge is 0.507 e. The van der Waals surface area contributed by atoms with Crippen LogP contribution in [0.2, 0.25) is 0 Å². The molecule has 0 radical (unpaired) electrons. The van der Waals surface area contributed by atoms with Gasteiger partial charge in [-0.15, -0.1) is 0 Å². The number of methoxy groups -OCH3 is 1. The normalized spacial score (nSPS) is 11.3. The van der Waals surface area contributed by atoms with Crippen LogP contribution in [-0.4, -0.2) is 23.2 Å². The molecule has 2 rings (SSSR count). The maximum absolute atomic E-state index is 12.0. The van der Waals surface area contributed by atoms with Crippen molar-refractivity contribution in [2.75, 3.05) is 7.11 Å². The minimum absolute atomic E-state index is 0.0498. The van der Waals surface area contributed by atoms with Gasteiger partial charge >= 0.3 is 0 Å². The molecule has 0 bridgehead atoms. The number of hydrogen-bond acceptors (Lipinski definition) is 6. The van der Waals surface area contributed by atoms with Crippen LogP contribution < -0.4 is 15.6 Å². The molecule has 0 aromatic heterocycles. The van der Waals surface area contributed by atoms with E-state index in [0.29, 0.717) is 5.56 Å². The van der Waals surface area contributed by atoms with Crippen LogP contribution in [-0.2, 0) is 0 Å². The lowest BCUT2D eigenvalue weighted by Crippen LogP contribution is -2.39. The van der Waals surface area contributed by atoms with Crippen LogP contribution in [0.5, 0.6) is 17.2 Å². The summed E-state index contributed by atoms with van der Waals surface area (Å²) < 4.78 is 4.98. The summed E-state index contributed by atoms with van der Waals surface area (Å²) in [5.41, 5.74) is 5.52. The summed E-state index contributed by atoms with van der Waals surface area (Å²) in [5.74, 6) is -0.566. The molecule has 2 aromatic carbocycles. The number of amides is 1. The molecule has 0 unspecified atom stereocenters. The number of ether oxygens (including phenoxy) is 1. The topological polar surface area (TPSA) is 115 Å². The third-order valence-corrected chi connectivity index (χ3v) is 3.14. The molecule has 0 spiro atoms. The molecule has 0 saturated carbocycles. The summed E-state index contributed by atoms with van der Waals surface area (Å²) in [4.78, 5) is 12.0. The number of hydrazine groups is 1. The summed E-state index contributed by atoms with van der Waals surface area (Å²) in [6, 6.07) is 11.6. The van der Waals surface area contributed by atoms with Crippen LogP contribution >= 0.6 is 0 Å². The van der Waals surface area contributed by atoms with Crippen molar-refractivity contribution in [3.05, 3.63) is 53.6 Å². The minimum atomic E-state index is -0.862. The highest BCUT2D eigenvalue weighted by Gasteiger charge is 2.16. The fourth-order valence-electron chi connectivity index (χ4n) is 1.93. The van der Waals surface area contributed by atoms with E-state index in [4.69, 9.17) is 4.74 Å². The summed E-state index contributed by atoms with van der Waals surface area (Å²) in [6.07, 6.45) is 0. The molecule has 0 aliphatic rings. The zero-order valence-electron chi connectivity index (χ0n) is 12.3. The standard InChI is InChI=1S/C16H15N3O4/c1-23-15-8-10(6-7-14(15)21)12(9-17)18-19-16(22)11-4-2-3-5-13(11)20/h2-8,12,18,20-21H,1H3,(H,19,22)/t12-/m0/s1. The Labute approximate surface area is 132 Å². The van der Waals surface area contributed by atoms with Gasteiger partial charge in [0.25, 0.3) is 5.91 Å². The van der Waals surface area contributed by atoms with E-state index in [1.165, 1.54) is 37.4 Å². The molecule has 0 fully saturated rings. The monoisotopic (exact) mass is 313 g/mol. The van der Waals surface area contributed by atoms with E-state index in [0.717, 1.165) is 0 Å². The Balaban J connectivity index is 2.10. The highest BCUT2D eigenvalue weighted by atomic mass is 16.5. The van der Waals surface area contributed by atoms with Crippen LogP contribution in [0.4, 0.5) is 0 Å². The van der Waals surface area contributed by atoms with Crippen LogP contribution in [0.1, 0.15) is 22.0 Å². The number of carbonyl (C=O) groups is 1. The first kappa shape index (κ1) is 16.1. The predicted octanol–water partition coefficient (Wildman–Crippen LogP) is 1.61. The number of hydrogen-bond donors (Lipinski definition) is 4. The van der Waals surface area contributed by atoms with Crippen molar-refractivity contribution in [1.82, 2.24) is 10.9 Å². The molecule has 1 amide bonds. The number of benzene rings is 2. The van der Waals surface area contributed by atoms with Gasteiger partial charge in [0, 0.05) is 0 Å². The fourth-order valence-corrected chi connectivity index (χ4v) is 1.93. The van der Waals surface area contributed by atoms with Gasteiger partial charge in [-0.2, -0.15) is 5.26 Å². The SMILES string of the molecule is COc1cc([C@H](C#N)NNC(=O)c2ccccc2O)ccc1O. The third-order valence-electron chi connectivity index (χ3n) is 3.14. The lowest BCUT2D eigenvalue weighted by molar-refractivity contribution is 0.0926. The van der Waals surface area contributed by atoms with Gasteiger partial charge in [-0.05, 0) is 29.8 Å². The molecule has 1 atom stereocenters. The van der Waals surface area contributed by atoms with E-state index in [9.17, 15) is 20.3 Å². The Bertz CT molecular complexity index is 755. The third kappa shape index (κ3) is 3.70. The van der Waals surface area contributed by atoms with Crippen LogP contribution in [0, 0.1) is 11.3 Å². The van der Waals surface area contributed by atoms with Crippen LogP contribution in [0.25, 0.3) is 0 Å². The average molecular weight is 313 g/mol. The number of nitrogens with one attached hydrogen (secondary N) is 2. The van der Waals surface area contributed by atoms with Gasteiger partial charge in [0.05, 0.1) is 18.7 Å². The molecule has 0 heterocycles. The Morgan fingerprint density at radius 1 is 1.22 bits per heavy atom. The van der Waals surface area contributed by atoms with Crippen molar-refractivity contribution in [2.45, 2.75) is 6.04 Å². The maximum Gasteiger partial charge on any atom is 0.269 e. The van der Waals surface area contributed by atoms with Crippen molar-refractivity contribution in [1.29, 1.82) is 5.26 Å². The number of nitrogens with zero attached hydrogens (tertiary/aromatic N) is 1. The minimum Gasteiger partial charge on any atom is -0.507 e. The first-order valence-corrected chi connectivity index (χ1v) is 6.67. The lowest BCUT2D eigenvalue weighted by Gasteiger charge is -2.14. The maximum atomic E-state index is 12.0. The molecule has 7 heteroatoms. The van der Waals surface area contributed by atoms with Gasteiger partial charge in [-0.25, -0.2) is 5.43 Å². The smallest absolute Gasteiger partial charge is 0.269 e. The predicted molar refractivity (Wildman–Crippen MR) is 81.7 cm³/mol. The Morgan fingerprint density at radius 2 is 1.96 bits per heavy atom. The number of aromatic hydroxyl groups is 2. The molecule has 7 nitrogen and oxygen atoms in total. The van der Waals surface area contributed by atoms with Gasteiger partial charge in [0.1, 0.15) is 11.8 Å². The van der Waals surface area contributed by atoms with Crippen molar-refractivity contribution in [3.63, 3.8) is 0 Å². The summed E-state index contributed by atoms with van der Waals surface area (Å²) in [7, 11) is 1.40. The quantitative estimate of drug-likeness (QED) is 0.623. The number of nitriles is 1.